The lowest BCUT2D eigenvalue weighted by Crippen LogP contribution is -2.42. The van der Waals surface area contributed by atoms with Crippen LogP contribution >= 0.6 is 11.3 Å². The van der Waals surface area contributed by atoms with Gasteiger partial charge in [-0.15, -0.1) is 0 Å². The monoisotopic (exact) mass is 309 g/mol. The van der Waals surface area contributed by atoms with Crippen LogP contribution in [0, 0.1) is 0 Å². The van der Waals surface area contributed by atoms with Crippen molar-refractivity contribution in [2.45, 2.75) is 32.2 Å². The number of carbonyl (C=O) groups excluding carboxylic acids is 1. The first-order chi connectivity index (χ1) is 10.1. The summed E-state index contributed by atoms with van der Waals surface area (Å²) in [5.41, 5.74) is 11.9. The molecule has 1 aromatic rings. The van der Waals surface area contributed by atoms with E-state index in [4.69, 9.17) is 11.5 Å². The van der Waals surface area contributed by atoms with Gasteiger partial charge in [-0.2, -0.15) is 0 Å². The number of amides is 1. The number of piperidine rings is 1. The minimum atomic E-state index is -0.151. The van der Waals surface area contributed by atoms with Gasteiger partial charge in [-0.3, -0.25) is 4.79 Å². The Labute approximate surface area is 129 Å². The Balaban J connectivity index is 1.99. The highest BCUT2D eigenvalue weighted by atomic mass is 32.1. The lowest BCUT2D eigenvalue weighted by Gasteiger charge is -2.30. The van der Waals surface area contributed by atoms with Gasteiger partial charge >= 0.3 is 0 Å². The van der Waals surface area contributed by atoms with Crippen molar-refractivity contribution >= 4 is 28.2 Å². The van der Waals surface area contributed by atoms with Crippen molar-refractivity contribution in [2.75, 3.05) is 30.3 Å². The van der Waals surface area contributed by atoms with E-state index in [-0.39, 0.29) is 11.9 Å². The molecule has 1 aromatic heterocycles. The molecule has 0 aromatic carbocycles. The first-order valence-electron chi connectivity index (χ1n) is 7.28. The zero-order valence-corrected chi connectivity index (χ0v) is 13.2. The number of carbonyl (C=O) groups is 1. The van der Waals surface area contributed by atoms with E-state index in [2.05, 4.69) is 15.2 Å². The highest BCUT2D eigenvalue weighted by Gasteiger charge is 2.23. The summed E-state index contributed by atoms with van der Waals surface area (Å²) in [5, 5.41) is 3.65. The molecule has 0 aliphatic carbocycles. The minimum absolute atomic E-state index is 0.151. The van der Waals surface area contributed by atoms with Crippen LogP contribution in [0.5, 0.6) is 0 Å². The quantitative estimate of drug-likeness (QED) is 0.563. The molecule has 2 heterocycles. The van der Waals surface area contributed by atoms with Crippen molar-refractivity contribution in [2.24, 2.45) is 5.73 Å². The molecule has 1 fully saturated rings. The average molecular weight is 309 g/mol. The highest BCUT2D eigenvalue weighted by Crippen LogP contribution is 2.29. The maximum Gasteiger partial charge on any atom is 0.265 e. The maximum atomic E-state index is 12.1. The fourth-order valence-corrected chi connectivity index (χ4v) is 3.25. The molecular formula is C14H23N5OS. The van der Waals surface area contributed by atoms with Crippen LogP contribution < -0.4 is 21.7 Å². The number of nitrogens with two attached hydrogens (primary N) is 2. The lowest BCUT2D eigenvalue weighted by atomic mass is 10.1. The van der Waals surface area contributed by atoms with E-state index in [0.717, 1.165) is 37.5 Å². The second-order valence-corrected chi connectivity index (χ2v) is 6.15. The molecular weight excluding hydrogens is 286 g/mol. The van der Waals surface area contributed by atoms with E-state index in [1.54, 1.807) is 0 Å². The van der Waals surface area contributed by atoms with Gasteiger partial charge in [-0.05, 0) is 26.2 Å². The van der Waals surface area contributed by atoms with Crippen LogP contribution in [0.3, 0.4) is 0 Å². The number of nitrogens with one attached hydrogen (secondary N) is 1. The number of nitrogen functional groups attached to an aromatic ring is 1. The Kier molecular flexibility index (Phi) is 5.58. The number of hydrogen-bond acceptors (Lipinski definition) is 6. The Bertz CT molecular complexity index is 513. The summed E-state index contributed by atoms with van der Waals surface area (Å²) in [7, 11) is 0. The normalized spacial score (nSPS) is 19.1. The van der Waals surface area contributed by atoms with Crippen LogP contribution in [0.1, 0.15) is 35.9 Å². The third kappa shape index (κ3) is 4.18. The van der Waals surface area contributed by atoms with Crippen molar-refractivity contribution in [3.8, 4) is 0 Å². The predicted octanol–water partition coefficient (Wildman–Crippen LogP) is 1.35. The van der Waals surface area contributed by atoms with Crippen LogP contribution in [0.15, 0.2) is 12.2 Å². The number of anilines is 2. The molecule has 1 aliphatic heterocycles. The molecule has 1 atom stereocenters. The SMILES string of the molecule is C/C=C/CCNC(=O)c1sc(N2CCCC(N)C2)nc1N. The predicted molar refractivity (Wildman–Crippen MR) is 87.7 cm³/mol. The summed E-state index contributed by atoms with van der Waals surface area (Å²) >= 11 is 1.34. The van der Waals surface area contributed by atoms with E-state index < -0.39 is 0 Å². The van der Waals surface area contributed by atoms with Gasteiger partial charge in [0.25, 0.3) is 5.91 Å². The summed E-state index contributed by atoms with van der Waals surface area (Å²) in [6, 6.07) is 0.169. The molecule has 1 aliphatic rings. The fraction of sp³-hybridized carbons (Fsp3) is 0.571. The van der Waals surface area contributed by atoms with Gasteiger partial charge in [0.05, 0.1) is 0 Å². The number of thiazole rings is 1. The molecule has 0 spiro atoms. The third-order valence-corrected chi connectivity index (χ3v) is 4.54. The minimum Gasteiger partial charge on any atom is -0.382 e. The molecule has 1 unspecified atom stereocenters. The van der Waals surface area contributed by atoms with Crippen molar-refractivity contribution in [3.05, 3.63) is 17.0 Å². The fourth-order valence-electron chi connectivity index (χ4n) is 2.32. The Morgan fingerprint density at radius 1 is 1.62 bits per heavy atom. The van der Waals surface area contributed by atoms with Crippen molar-refractivity contribution in [1.29, 1.82) is 0 Å². The van der Waals surface area contributed by atoms with Gasteiger partial charge in [0, 0.05) is 25.7 Å². The Hall–Kier alpha value is -1.60. The second-order valence-electron chi connectivity index (χ2n) is 5.17. The molecule has 116 valence electrons. The van der Waals surface area contributed by atoms with Crippen LogP contribution in [-0.4, -0.2) is 36.6 Å². The smallest absolute Gasteiger partial charge is 0.265 e. The van der Waals surface area contributed by atoms with Crippen LogP contribution in [0.2, 0.25) is 0 Å². The van der Waals surface area contributed by atoms with Crippen molar-refractivity contribution < 1.29 is 4.79 Å². The van der Waals surface area contributed by atoms with Gasteiger partial charge in [0.2, 0.25) is 0 Å². The molecule has 0 bridgehead atoms. The maximum absolute atomic E-state index is 12.1. The number of aromatic nitrogens is 1. The average Bonchev–Trinajstić information content (AvgIpc) is 2.85. The molecule has 7 heteroatoms. The van der Waals surface area contributed by atoms with Gasteiger partial charge in [0.1, 0.15) is 10.7 Å². The Morgan fingerprint density at radius 2 is 2.43 bits per heavy atom. The topological polar surface area (TPSA) is 97.3 Å². The largest absolute Gasteiger partial charge is 0.382 e. The number of rotatable bonds is 5. The number of allylic oxidation sites excluding steroid dienone is 1. The first-order valence-corrected chi connectivity index (χ1v) is 8.09. The van der Waals surface area contributed by atoms with Crippen molar-refractivity contribution in [1.82, 2.24) is 10.3 Å². The molecule has 0 saturated carbocycles. The summed E-state index contributed by atoms with van der Waals surface area (Å²) in [6.07, 6.45) is 6.87. The summed E-state index contributed by atoms with van der Waals surface area (Å²) in [6.45, 7) is 4.25. The van der Waals surface area contributed by atoms with Crippen LogP contribution in [0.4, 0.5) is 10.9 Å². The van der Waals surface area contributed by atoms with Crippen LogP contribution in [-0.2, 0) is 0 Å². The van der Waals surface area contributed by atoms with E-state index in [1.807, 2.05) is 19.1 Å². The molecule has 1 amide bonds. The summed E-state index contributed by atoms with van der Waals surface area (Å²) in [4.78, 5) is 19.0. The van der Waals surface area contributed by atoms with Gasteiger partial charge in [0.15, 0.2) is 5.13 Å². The van der Waals surface area contributed by atoms with Crippen LogP contribution in [0.25, 0.3) is 0 Å². The number of hydrogen-bond donors (Lipinski definition) is 3. The summed E-state index contributed by atoms with van der Waals surface area (Å²) < 4.78 is 0. The lowest BCUT2D eigenvalue weighted by molar-refractivity contribution is 0.0959. The van der Waals surface area contributed by atoms with Gasteiger partial charge in [-0.25, -0.2) is 4.98 Å². The number of nitrogens with zero attached hydrogens (tertiary/aromatic N) is 2. The molecule has 5 N–H and O–H groups in total. The zero-order valence-electron chi connectivity index (χ0n) is 12.3. The molecule has 2 rings (SSSR count). The third-order valence-electron chi connectivity index (χ3n) is 3.41. The molecule has 6 nitrogen and oxygen atoms in total. The zero-order chi connectivity index (χ0) is 15.2. The second kappa shape index (κ2) is 7.42. The molecule has 21 heavy (non-hydrogen) atoms. The molecule has 1 saturated heterocycles. The van der Waals surface area contributed by atoms with E-state index in [1.165, 1.54) is 11.3 Å². The molecule has 0 radical (unpaired) electrons. The standard InChI is InChI=1S/C14H23N5OS/c1-2-3-4-7-17-13(20)11-12(16)18-14(21-11)19-8-5-6-10(15)9-19/h2-3,10H,4-9,15-16H2,1H3,(H,17,20)/b3-2+. The first kappa shape index (κ1) is 15.8. The van der Waals surface area contributed by atoms with Gasteiger partial charge < -0.3 is 21.7 Å². The van der Waals surface area contributed by atoms with E-state index >= 15 is 0 Å². The van der Waals surface area contributed by atoms with Crippen molar-refractivity contribution in [3.63, 3.8) is 0 Å². The van der Waals surface area contributed by atoms with Gasteiger partial charge in [-0.1, -0.05) is 23.5 Å². The Morgan fingerprint density at radius 3 is 3.14 bits per heavy atom. The summed E-state index contributed by atoms with van der Waals surface area (Å²) in [5.74, 6) is 0.153. The van der Waals surface area contributed by atoms with E-state index in [0.29, 0.717) is 17.2 Å². The highest BCUT2D eigenvalue weighted by molar-refractivity contribution is 7.18. The van der Waals surface area contributed by atoms with E-state index in [9.17, 15) is 4.79 Å².